The van der Waals surface area contributed by atoms with E-state index >= 15 is 0 Å². The monoisotopic (exact) mass is 217 g/mol. The van der Waals surface area contributed by atoms with E-state index in [4.69, 9.17) is 0 Å². The van der Waals surface area contributed by atoms with E-state index in [1.165, 1.54) is 0 Å². The van der Waals surface area contributed by atoms with E-state index in [1.54, 1.807) is 4.90 Å². The van der Waals surface area contributed by atoms with Crippen molar-refractivity contribution in [2.45, 2.75) is 27.2 Å². The summed E-state index contributed by atoms with van der Waals surface area (Å²) in [7, 11) is 5.89. The van der Waals surface area contributed by atoms with Gasteiger partial charge in [0.05, 0.1) is 0 Å². The van der Waals surface area contributed by atoms with Gasteiger partial charge in [0, 0.05) is 20.1 Å². The highest BCUT2D eigenvalue weighted by Gasteiger charge is 2.05. The van der Waals surface area contributed by atoms with Gasteiger partial charge in [-0.15, -0.1) is 0 Å². The fraction of sp³-hybridized carbons (Fsp3) is 0.909. The molecule has 0 atom stereocenters. The Labute approximate surface area is 94.6 Å². The van der Waals surface area contributed by atoms with Crippen LogP contribution in [0.15, 0.2) is 0 Å². The summed E-state index contributed by atoms with van der Waals surface area (Å²) in [4.78, 5) is 15.1. The van der Waals surface area contributed by atoms with E-state index in [2.05, 4.69) is 10.2 Å². The molecule has 0 fully saturated rings. The van der Waals surface area contributed by atoms with Gasteiger partial charge in [-0.3, -0.25) is 0 Å². The molecule has 0 rings (SSSR count). The molecule has 2 amide bonds. The number of hydrogen-bond acceptors (Lipinski definition) is 2. The Morgan fingerprint density at radius 2 is 1.67 bits per heavy atom. The molecule has 0 saturated heterocycles. The standard InChI is InChI=1S/C9H21N3O.C2H6/c1-5-10-9(13)12(4)8-6-7-11(2)3;1-2/h5-8H2,1-4H3,(H,10,13);1-2H3. The van der Waals surface area contributed by atoms with Crippen molar-refractivity contribution in [1.29, 1.82) is 0 Å². The summed E-state index contributed by atoms with van der Waals surface area (Å²) >= 11 is 0. The number of carbonyl (C=O) groups excluding carboxylic acids is 1. The maximum atomic E-state index is 11.2. The summed E-state index contributed by atoms with van der Waals surface area (Å²) < 4.78 is 0. The van der Waals surface area contributed by atoms with Crippen molar-refractivity contribution in [2.24, 2.45) is 0 Å². The molecule has 0 aromatic rings. The van der Waals surface area contributed by atoms with Crippen LogP contribution in [0.25, 0.3) is 0 Å². The van der Waals surface area contributed by atoms with Crippen LogP contribution in [0.5, 0.6) is 0 Å². The van der Waals surface area contributed by atoms with E-state index < -0.39 is 0 Å². The molecule has 4 nitrogen and oxygen atoms in total. The Kier molecular flexibility index (Phi) is 12.6. The quantitative estimate of drug-likeness (QED) is 0.759. The van der Waals surface area contributed by atoms with Gasteiger partial charge in [-0.05, 0) is 34.0 Å². The Morgan fingerprint density at radius 3 is 2.07 bits per heavy atom. The summed E-state index contributed by atoms with van der Waals surface area (Å²) in [5.74, 6) is 0. The predicted octanol–water partition coefficient (Wildman–Crippen LogP) is 1.63. The van der Waals surface area contributed by atoms with Gasteiger partial charge in [0.25, 0.3) is 0 Å². The largest absolute Gasteiger partial charge is 0.338 e. The van der Waals surface area contributed by atoms with Crippen LogP contribution in [0.1, 0.15) is 27.2 Å². The number of nitrogens with zero attached hydrogens (tertiary/aromatic N) is 2. The van der Waals surface area contributed by atoms with Crippen LogP contribution >= 0.6 is 0 Å². The second-order valence-electron chi connectivity index (χ2n) is 3.41. The maximum absolute atomic E-state index is 11.2. The third-order valence-electron chi connectivity index (χ3n) is 1.77. The predicted molar refractivity (Wildman–Crippen MR) is 66.2 cm³/mol. The lowest BCUT2D eigenvalue weighted by molar-refractivity contribution is 0.207. The molecule has 0 aliphatic carbocycles. The third kappa shape index (κ3) is 11.2. The average molecular weight is 217 g/mol. The minimum atomic E-state index is 0.0151. The first-order valence-corrected chi connectivity index (χ1v) is 5.71. The van der Waals surface area contributed by atoms with Gasteiger partial charge in [0.1, 0.15) is 0 Å². The first-order chi connectivity index (χ1) is 7.07. The molecule has 0 aromatic heterocycles. The Hall–Kier alpha value is -0.770. The van der Waals surface area contributed by atoms with Crippen LogP contribution in [0.4, 0.5) is 4.79 Å². The van der Waals surface area contributed by atoms with E-state index in [1.807, 2.05) is 41.9 Å². The van der Waals surface area contributed by atoms with Crippen LogP contribution in [-0.4, -0.2) is 56.6 Å². The van der Waals surface area contributed by atoms with Gasteiger partial charge in [-0.25, -0.2) is 4.79 Å². The molecule has 0 bridgehead atoms. The van der Waals surface area contributed by atoms with Crippen molar-refractivity contribution in [3.05, 3.63) is 0 Å². The first kappa shape index (κ1) is 16.7. The zero-order chi connectivity index (χ0) is 12.3. The smallest absolute Gasteiger partial charge is 0.317 e. The highest BCUT2D eigenvalue weighted by Crippen LogP contribution is 1.89. The van der Waals surface area contributed by atoms with E-state index in [0.29, 0.717) is 6.54 Å². The zero-order valence-electron chi connectivity index (χ0n) is 11.1. The summed E-state index contributed by atoms with van der Waals surface area (Å²) in [6.45, 7) is 8.44. The summed E-state index contributed by atoms with van der Waals surface area (Å²) in [5, 5.41) is 2.76. The molecule has 15 heavy (non-hydrogen) atoms. The molecule has 0 aromatic carbocycles. The minimum Gasteiger partial charge on any atom is -0.338 e. The van der Waals surface area contributed by atoms with E-state index in [9.17, 15) is 4.79 Å². The van der Waals surface area contributed by atoms with Gasteiger partial charge in [0.15, 0.2) is 0 Å². The maximum Gasteiger partial charge on any atom is 0.317 e. The van der Waals surface area contributed by atoms with Gasteiger partial charge >= 0.3 is 6.03 Å². The normalized spacial score (nSPS) is 9.27. The second-order valence-corrected chi connectivity index (χ2v) is 3.41. The lowest BCUT2D eigenvalue weighted by Crippen LogP contribution is -2.38. The third-order valence-corrected chi connectivity index (χ3v) is 1.77. The van der Waals surface area contributed by atoms with Crippen molar-refractivity contribution < 1.29 is 4.79 Å². The van der Waals surface area contributed by atoms with Crippen LogP contribution in [0.2, 0.25) is 0 Å². The molecule has 0 radical (unpaired) electrons. The highest BCUT2D eigenvalue weighted by molar-refractivity contribution is 5.73. The van der Waals surface area contributed by atoms with Gasteiger partial charge in [-0.1, -0.05) is 13.8 Å². The SMILES string of the molecule is CC.CCNC(=O)N(C)CCCN(C)C. The Bertz CT molecular complexity index is 149. The number of hydrogen-bond donors (Lipinski definition) is 1. The molecular weight excluding hydrogens is 190 g/mol. The molecule has 0 saturated carbocycles. The number of nitrogens with one attached hydrogen (secondary N) is 1. The van der Waals surface area contributed by atoms with Crippen LogP contribution in [0, 0.1) is 0 Å². The van der Waals surface area contributed by atoms with Crippen molar-refractivity contribution in [3.63, 3.8) is 0 Å². The fourth-order valence-corrected chi connectivity index (χ4v) is 1.01. The fourth-order valence-electron chi connectivity index (χ4n) is 1.01. The van der Waals surface area contributed by atoms with Crippen molar-refractivity contribution in [1.82, 2.24) is 15.1 Å². The van der Waals surface area contributed by atoms with Gasteiger partial charge in [-0.2, -0.15) is 0 Å². The van der Waals surface area contributed by atoms with Crippen LogP contribution in [-0.2, 0) is 0 Å². The van der Waals surface area contributed by atoms with Crippen LogP contribution in [0.3, 0.4) is 0 Å². The number of carbonyl (C=O) groups is 1. The van der Waals surface area contributed by atoms with Gasteiger partial charge in [0.2, 0.25) is 0 Å². The lowest BCUT2D eigenvalue weighted by atomic mass is 10.4. The molecule has 0 unspecified atom stereocenters. The molecule has 0 aliphatic rings. The van der Waals surface area contributed by atoms with Crippen LogP contribution < -0.4 is 5.32 Å². The van der Waals surface area contributed by atoms with Crippen molar-refractivity contribution >= 4 is 6.03 Å². The molecule has 1 N–H and O–H groups in total. The van der Waals surface area contributed by atoms with Crippen molar-refractivity contribution in [2.75, 3.05) is 40.8 Å². The Morgan fingerprint density at radius 1 is 1.13 bits per heavy atom. The number of amides is 2. The number of urea groups is 1. The molecule has 4 heteroatoms. The minimum absolute atomic E-state index is 0.0151. The summed E-state index contributed by atoms with van der Waals surface area (Å²) in [5.41, 5.74) is 0. The zero-order valence-corrected chi connectivity index (χ0v) is 11.1. The second kappa shape index (κ2) is 11.3. The van der Waals surface area contributed by atoms with E-state index in [0.717, 1.165) is 19.5 Å². The topological polar surface area (TPSA) is 35.6 Å². The lowest BCUT2D eigenvalue weighted by Gasteiger charge is -2.18. The van der Waals surface area contributed by atoms with Gasteiger partial charge < -0.3 is 15.1 Å². The summed E-state index contributed by atoms with van der Waals surface area (Å²) in [6.07, 6.45) is 1.01. The molecular formula is C11H27N3O. The highest BCUT2D eigenvalue weighted by atomic mass is 16.2. The Balaban J connectivity index is 0. The average Bonchev–Trinajstić information content (AvgIpc) is 2.20. The first-order valence-electron chi connectivity index (χ1n) is 5.71. The molecule has 92 valence electrons. The molecule has 0 heterocycles. The summed E-state index contributed by atoms with van der Waals surface area (Å²) in [6, 6.07) is 0.0151. The number of rotatable bonds is 5. The van der Waals surface area contributed by atoms with Crippen molar-refractivity contribution in [3.8, 4) is 0 Å². The molecule has 0 aliphatic heterocycles. The van der Waals surface area contributed by atoms with E-state index in [-0.39, 0.29) is 6.03 Å². The molecule has 0 spiro atoms.